The van der Waals surface area contributed by atoms with Gasteiger partial charge in [-0.25, -0.2) is 0 Å². The molecule has 48 valence electrons. The van der Waals surface area contributed by atoms with Gasteiger partial charge in [-0.1, -0.05) is 5.16 Å². The molecule has 1 aliphatic rings. The van der Waals surface area contributed by atoms with Crippen LogP contribution in [0.25, 0.3) is 0 Å². The van der Waals surface area contributed by atoms with E-state index in [1.807, 2.05) is 0 Å². The molecule has 3 nitrogen and oxygen atoms in total. The lowest BCUT2D eigenvalue weighted by Crippen LogP contribution is -2.38. The van der Waals surface area contributed by atoms with E-state index in [0.29, 0.717) is 6.61 Å². The van der Waals surface area contributed by atoms with Gasteiger partial charge in [0.1, 0.15) is 22.3 Å². The predicted octanol–water partition coefficient (Wildman–Crippen LogP) is -2.33. The van der Waals surface area contributed by atoms with Gasteiger partial charge in [0.05, 0.1) is 5.71 Å². The lowest BCUT2D eigenvalue weighted by Gasteiger charge is -2.14. The van der Waals surface area contributed by atoms with Gasteiger partial charge in [-0.15, -0.1) is 0 Å². The van der Waals surface area contributed by atoms with Crippen LogP contribution >= 0.6 is 0 Å². The highest BCUT2D eigenvalue weighted by atomic mass is 16.6. The number of oxime groups is 1. The van der Waals surface area contributed by atoms with Crippen molar-refractivity contribution in [1.29, 1.82) is 0 Å². The molecule has 0 aromatic rings. The van der Waals surface area contributed by atoms with Gasteiger partial charge in [-0.2, -0.15) is 0 Å². The zero-order chi connectivity index (χ0) is 6.91. The summed E-state index contributed by atoms with van der Waals surface area (Å²) in [6.07, 6.45) is 0.753. The summed E-state index contributed by atoms with van der Waals surface area (Å²) in [5.41, 5.74) is 0.738. The van der Waals surface area contributed by atoms with Gasteiger partial charge in [0.25, 0.3) is 0 Å². The quantitative estimate of drug-likeness (QED) is 0.399. The minimum absolute atomic E-state index is 0.610. The van der Waals surface area contributed by atoms with Gasteiger partial charge >= 0.3 is 0 Å². The van der Waals surface area contributed by atoms with E-state index in [2.05, 4.69) is 5.16 Å². The van der Waals surface area contributed by atoms with Crippen molar-refractivity contribution in [2.75, 3.05) is 6.61 Å². The summed E-state index contributed by atoms with van der Waals surface area (Å²) in [6.45, 7) is 0.610. The van der Waals surface area contributed by atoms with Crippen molar-refractivity contribution in [3.8, 4) is 0 Å². The average molecular weight is 125 g/mol. The molecular formula is C4H9B2NO2. The fourth-order valence-electron chi connectivity index (χ4n) is 0.729. The lowest BCUT2D eigenvalue weighted by atomic mass is 9.62. The molecule has 0 spiro atoms. The second-order valence-corrected chi connectivity index (χ2v) is 2.68. The third kappa shape index (κ3) is 1.48. The summed E-state index contributed by atoms with van der Waals surface area (Å²) < 4.78 is 0. The summed E-state index contributed by atoms with van der Waals surface area (Å²) >= 11 is 0. The topological polar surface area (TPSA) is 41.8 Å². The molecule has 0 bridgehead atoms. The number of aliphatic hydroxyl groups is 1. The van der Waals surface area contributed by atoms with Crippen LogP contribution in [0.1, 0.15) is 6.42 Å². The molecule has 9 heavy (non-hydrogen) atoms. The maximum Gasteiger partial charge on any atom is 0.139 e. The van der Waals surface area contributed by atoms with Gasteiger partial charge < -0.3 is 9.94 Å². The lowest BCUT2D eigenvalue weighted by molar-refractivity contribution is 0.173. The molecule has 0 saturated heterocycles. The van der Waals surface area contributed by atoms with E-state index >= 15 is 0 Å². The fourth-order valence-corrected chi connectivity index (χ4v) is 0.729. The van der Waals surface area contributed by atoms with Crippen LogP contribution in [0.5, 0.6) is 0 Å². The minimum atomic E-state index is -0.795. The van der Waals surface area contributed by atoms with Crippen LogP contribution in [0.15, 0.2) is 5.16 Å². The molecular weight excluding hydrogens is 116 g/mol. The standard InChI is InChI=1S/C4H9B2NO2/c5-4(6,8)3-1-2-9-7-3/h8H,1-2,5-6H2. The Labute approximate surface area is 55.9 Å². The largest absolute Gasteiger partial charge is 0.402 e. The Balaban J connectivity index is 2.61. The number of rotatable bonds is 1. The summed E-state index contributed by atoms with van der Waals surface area (Å²) in [5, 5.41) is 12.2. The number of hydrogen-bond donors (Lipinski definition) is 1. The highest BCUT2D eigenvalue weighted by Crippen LogP contribution is 2.07. The molecule has 5 heteroatoms. The van der Waals surface area contributed by atoms with Crippen LogP contribution in [0.2, 0.25) is 0 Å². The molecule has 0 fully saturated rings. The first-order valence-corrected chi connectivity index (χ1v) is 3.02. The second kappa shape index (κ2) is 2.06. The third-order valence-corrected chi connectivity index (χ3v) is 1.31. The Morgan fingerprint density at radius 2 is 2.33 bits per heavy atom. The van der Waals surface area contributed by atoms with Gasteiger partial charge in [0, 0.05) is 11.8 Å². The summed E-state index contributed by atoms with van der Waals surface area (Å²) in [7, 11) is 3.42. The molecule has 0 amide bonds. The van der Waals surface area contributed by atoms with Crippen molar-refractivity contribution in [3.05, 3.63) is 0 Å². The molecule has 0 unspecified atom stereocenters. The molecule has 1 heterocycles. The zero-order valence-electron chi connectivity index (χ0n) is 5.72. The molecule has 0 aromatic heterocycles. The average Bonchev–Trinajstić information content (AvgIpc) is 2.08. The molecule has 0 radical (unpaired) electrons. The Bertz CT molecular complexity index is 140. The van der Waals surface area contributed by atoms with Crippen molar-refractivity contribution in [1.82, 2.24) is 0 Å². The smallest absolute Gasteiger partial charge is 0.139 e. The van der Waals surface area contributed by atoms with E-state index < -0.39 is 5.40 Å². The van der Waals surface area contributed by atoms with Crippen LogP contribution in [-0.2, 0) is 4.84 Å². The molecule has 1 aliphatic heterocycles. The Morgan fingerprint density at radius 1 is 1.67 bits per heavy atom. The highest BCUT2D eigenvalue weighted by Gasteiger charge is 2.24. The van der Waals surface area contributed by atoms with Gasteiger partial charge in [0.2, 0.25) is 0 Å². The summed E-state index contributed by atoms with van der Waals surface area (Å²) in [4.78, 5) is 4.71. The number of nitrogens with zero attached hydrogens (tertiary/aromatic N) is 1. The minimum Gasteiger partial charge on any atom is -0.402 e. The first-order chi connectivity index (χ1) is 4.11. The third-order valence-electron chi connectivity index (χ3n) is 1.31. The van der Waals surface area contributed by atoms with Crippen LogP contribution in [0.4, 0.5) is 0 Å². The normalized spacial score (nSPS) is 19.0. The molecule has 0 saturated carbocycles. The molecule has 1 N–H and O–H groups in total. The van der Waals surface area contributed by atoms with E-state index in [1.54, 1.807) is 15.7 Å². The molecule has 1 rings (SSSR count). The van der Waals surface area contributed by atoms with Crippen LogP contribution in [0, 0.1) is 0 Å². The van der Waals surface area contributed by atoms with Crippen molar-refractivity contribution in [3.63, 3.8) is 0 Å². The Kier molecular flexibility index (Phi) is 1.53. The maximum atomic E-state index is 9.31. The first-order valence-electron chi connectivity index (χ1n) is 3.02. The monoisotopic (exact) mass is 125 g/mol. The van der Waals surface area contributed by atoms with E-state index in [1.165, 1.54) is 0 Å². The predicted molar refractivity (Wildman–Crippen MR) is 40.0 cm³/mol. The first kappa shape index (κ1) is 6.68. The van der Waals surface area contributed by atoms with E-state index in [4.69, 9.17) is 4.84 Å². The zero-order valence-corrected chi connectivity index (χ0v) is 5.72. The van der Waals surface area contributed by atoms with Gasteiger partial charge in [-0.3, -0.25) is 0 Å². The van der Waals surface area contributed by atoms with Crippen LogP contribution in [-0.4, -0.2) is 38.5 Å². The van der Waals surface area contributed by atoms with Crippen molar-refractivity contribution < 1.29 is 9.94 Å². The molecule has 0 atom stereocenters. The van der Waals surface area contributed by atoms with Crippen LogP contribution < -0.4 is 0 Å². The summed E-state index contributed by atoms with van der Waals surface area (Å²) in [6, 6.07) is 0. The SMILES string of the molecule is BC(B)(O)C1=NOCC1. The van der Waals surface area contributed by atoms with E-state index in [9.17, 15) is 5.11 Å². The maximum absolute atomic E-state index is 9.31. The second-order valence-electron chi connectivity index (χ2n) is 2.68. The van der Waals surface area contributed by atoms with Gasteiger partial charge in [0.15, 0.2) is 0 Å². The fraction of sp³-hybridized carbons (Fsp3) is 0.750. The highest BCUT2D eigenvalue weighted by molar-refractivity contribution is 6.50. The van der Waals surface area contributed by atoms with Crippen molar-refractivity contribution in [2.45, 2.75) is 11.8 Å². The molecule has 0 aliphatic carbocycles. The van der Waals surface area contributed by atoms with E-state index in [-0.39, 0.29) is 0 Å². The Hall–Kier alpha value is -0.440. The van der Waals surface area contributed by atoms with Gasteiger partial charge in [-0.05, 0) is 0 Å². The summed E-state index contributed by atoms with van der Waals surface area (Å²) in [5.74, 6) is 0. The van der Waals surface area contributed by atoms with Crippen LogP contribution in [0.3, 0.4) is 0 Å². The van der Waals surface area contributed by atoms with Crippen molar-refractivity contribution >= 4 is 21.4 Å². The van der Waals surface area contributed by atoms with Crippen molar-refractivity contribution in [2.24, 2.45) is 5.16 Å². The van der Waals surface area contributed by atoms with E-state index in [0.717, 1.165) is 12.1 Å². The Morgan fingerprint density at radius 3 is 2.56 bits per heavy atom. The molecule has 0 aromatic carbocycles. The number of hydrogen-bond acceptors (Lipinski definition) is 3.